The number of nitrogens with two attached hydrogens (primary N) is 1. The first-order chi connectivity index (χ1) is 40.0. The van der Waals surface area contributed by atoms with Gasteiger partial charge in [-0.15, -0.1) is 21.5 Å². The molecule has 1 saturated carbocycles. The van der Waals surface area contributed by atoms with E-state index in [-0.39, 0.29) is 66.3 Å². The molecule has 0 spiro atoms. The number of phenols is 1. The number of hydrogen-bond acceptors (Lipinski definition) is 18. The fourth-order valence-corrected chi connectivity index (χ4v) is 14.9. The number of amides is 2. The number of benzene rings is 2. The number of nitrogen functional groups attached to an aromatic ring is 1. The third-order valence-corrected chi connectivity index (χ3v) is 20.0. The smallest absolute Gasteiger partial charge is 0.243 e. The van der Waals surface area contributed by atoms with Crippen LogP contribution in [0.5, 0.6) is 11.6 Å². The van der Waals surface area contributed by atoms with Crippen molar-refractivity contribution in [1.29, 1.82) is 0 Å². The van der Waals surface area contributed by atoms with Crippen LogP contribution in [0.3, 0.4) is 0 Å². The number of ether oxygens (including phenoxy) is 2. The number of aromatic nitrogens is 5. The second kappa shape index (κ2) is 23.6. The average Bonchev–Trinajstić information content (AvgIpc) is 4.49. The van der Waals surface area contributed by atoms with Crippen LogP contribution < -0.4 is 30.5 Å². The summed E-state index contributed by atoms with van der Waals surface area (Å²) in [6, 6.07) is 22.8. The normalized spacial score (nSPS) is 24.3. The minimum atomic E-state index is -0.808. The first-order valence-electron chi connectivity index (χ1n) is 30.0. The fraction of sp³-hybridized carbons (Fsp3) is 0.540. The Morgan fingerprint density at radius 3 is 2.27 bits per heavy atom. The number of pyridine rings is 1. The van der Waals surface area contributed by atoms with Crippen LogP contribution in [0.15, 0.2) is 89.0 Å². The first kappa shape index (κ1) is 56.6. The third-order valence-electron chi connectivity index (χ3n) is 19.0. The third kappa shape index (κ3) is 11.7. The Bertz CT molecular complexity index is 3230. The van der Waals surface area contributed by atoms with E-state index in [4.69, 9.17) is 19.7 Å². The molecule has 9 heterocycles. The van der Waals surface area contributed by atoms with Crippen molar-refractivity contribution in [2.75, 3.05) is 66.2 Å². The van der Waals surface area contributed by atoms with Crippen LogP contribution in [-0.2, 0) is 14.3 Å². The van der Waals surface area contributed by atoms with E-state index in [1.807, 2.05) is 87.9 Å². The molecule has 6 atom stereocenters. The molecule has 5 aliphatic heterocycles. The van der Waals surface area contributed by atoms with E-state index in [0.29, 0.717) is 46.7 Å². The molecule has 3 unspecified atom stereocenters. The number of piperidine rings is 2. The summed E-state index contributed by atoms with van der Waals surface area (Å²) in [5.74, 6) is 1.59. The number of aliphatic hydroxyl groups is 1. The number of para-hydroxylation sites is 1. The van der Waals surface area contributed by atoms with Gasteiger partial charge in [0.05, 0.1) is 51.8 Å². The Kier molecular flexibility index (Phi) is 16.1. The van der Waals surface area contributed by atoms with Gasteiger partial charge in [0.25, 0.3) is 0 Å². The summed E-state index contributed by atoms with van der Waals surface area (Å²) in [6.45, 7) is 18.0. The molecule has 2 aromatic carbocycles. The van der Waals surface area contributed by atoms with Gasteiger partial charge in [0.1, 0.15) is 23.8 Å². The summed E-state index contributed by atoms with van der Waals surface area (Å²) in [6.07, 6.45) is 9.64. The van der Waals surface area contributed by atoms with Crippen molar-refractivity contribution in [3.8, 4) is 33.3 Å². The summed E-state index contributed by atoms with van der Waals surface area (Å²) < 4.78 is 19.2. The fourth-order valence-electron chi connectivity index (χ4n) is 14.1. The number of nitrogens with zero attached hydrogens (tertiary/aromatic N) is 10. The number of thiazole rings is 1. The van der Waals surface area contributed by atoms with Crippen molar-refractivity contribution in [3.05, 3.63) is 102 Å². The van der Waals surface area contributed by atoms with Gasteiger partial charge in [-0.3, -0.25) is 14.5 Å². The van der Waals surface area contributed by atoms with Gasteiger partial charge in [-0.1, -0.05) is 55.4 Å². The highest BCUT2D eigenvalue weighted by Crippen LogP contribution is 2.42. The molecule has 2 amide bonds. The molecule has 83 heavy (non-hydrogen) atoms. The van der Waals surface area contributed by atoms with Crippen LogP contribution in [0.25, 0.3) is 21.7 Å². The van der Waals surface area contributed by atoms with E-state index >= 15 is 0 Å². The van der Waals surface area contributed by atoms with Crippen molar-refractivity contribution < 1.29 is 33.8 Å². The second-order valence-electron chi connectivity index (χ2n) is 25.0. The lowest BCUT2D eigenvalue weighted by molar-refractivity contribution is -0.141. The molecule has 2 bridgehead atoms. The summed E-state index contributed by atoms with van der Waals surface area (Å²) in [5, 5.41) is 37.6. The monoisotopic (exact) mass is 1150 g/mol. The number of β-amino-alcohol motifs (C(OH)–C–C–N with tert-alkyl or cyclic N) is 1. The number of rotatable bonds is 17. The molecule has 0 radical (unpaired) electrons. The first-order valence-corrected chi connectivity index (χ1v) is 30.9. The van der Waals surface area contributed by atoms with Gasteiger partial charge in [0.2, 0.25) is 17.7 Å². The van der Waals surface area contributed by atoms with E-state index in [1.54, 1.807) is 28.4 Å². The highest BCUT2D eigenvalue weighted by molar-refractivity contribution is 7.13. The van der Waals surface area contributed by atoms with Crippen LogP contribution in [0, 0.1) is 18.8 Å². The number of fused-ring (bicyclic) bond motifs is 2. The number of likely N-dealkylation sites (tertiary alicyclic amines) is 2. The van der Waals surface area contributed by atoms with Crippen LogP contribution >= 0.6 is 11.3 Å². The Morgan fingerprint density at radius 1 is 0.831 bits per heavy atom. The number of aromatic hydroxyl groups is 1. The standard InChI is InChI=1S/C63H80N12O7S/c1-37(2)58(62(79)74-35-46(76)28-53(74)61(78)67-38(3)40-11-13-41(14-12-40)59-39(4)66-36-83-59)55-32-56(70-82-55)71-23-18-42(19-24-71)63(5,6)73-25-20-47(21-26-73)80-48-29-49(30-48)81-57-27-43(17-22-65-57)75-44-15-16-45(75)34-72(33-44)52-31-51(68-69-60(52)64)50-9-7-8-10-54(50)77/h7-14,17,22,27,31-32,36-38,42,44-49,53,58,76-77H,15-16,18-21,23-26,28-30,33-35H2,1-6H3,(H2,64,69)(H,67,78)/t38-,44?,45?,46+,48-,49-,53-,58?/m0/s1. The molecule has 6 fully saturated rings. The van der Waals surface area contributed by atoms with E-state index in [2.05, 4.69) is 76.2 Å². The highest BCUT2D eigenvalue weighted by Gasteiger charge is 2.46. The van der Waals surface area contributed by atoms with Gasteiger partial charge >= 0.3 is 0 Å². The van der Waals surface area contributed by atoms with Gasteiger partial charge in [0, 0.05) is 112 Å². The minimum Gasteiger partial charge on any atom is -0.507 e. The van der Waals surface area contributed by atoms with Crippen molar-refractivity contribution >= 4 is 46.2 Å². The molecular formula is C63H80N12O7S. The summed E-state index contributed by atoms with van der Waals surface area (Å²) in [4.78, 5) is 49.8. The minimum absolute atomic E-state index is 0.0153. The lowest BCUT2D eigenvalue weighted by Gasteiger charge is -2.50. The van der Waals surface area contributed by atoms with Crippen molar-refractivity contribution in [2.45, 2.75) is 159 Å². The Labute approximate surface area is 490 Å². The predicted octanol–water partition coefficient (Wildman–Crippen LogP) is 8.77. The summed E-state index contributed by atoms with van der Waals surface area (Å²) >= 11 is 1.60. The molecule has 5 N–H and O–H groups in total. The number of phenolic OH excluding ortho intramolecular Hbond substituents is 1. The Morgan fingerprint density at radius 2 is 1.57 bits per heavy atom. The molecule has 19 nitrogen and oxygen atoms in total. The number of carbonyl (C=O) groups is 2. The van der Waals surface area contributed by atoms with Gasteiger partial charge in [-0.25, -0.2) is 9.97 Å². The van der Waals surface area contributed by atoms with Crippen LogP contribution in [0.2, 0.25) is 0 Å². The zero-order valence-electron chi connectivity index (χ0n) is 48.6. The van der Waals surface area contributed by atoms with E-state index in [9.17, 15) is 19.8 Å². The van der Waals surface area contributed by atoms with Crippen molar-refractivity contribution in [2.24, 2.45) is 11.8 Å². The van der Waals surface area contributed by atoms with Crippen molar-refractivity contribution in [1.82, 2.24) is 40.4 Å². The lowest BCUT2D eigenvalue weighted by atomic mass is 9.78. The zero-order valence-corrected chi connectivity index (χ0v) is 49.5. The number of nitrogens with one attached hydrogen (secondary N) is 1. The molecule has 4 aromatic heterocycles. The SMILES string of the molecule is Cc1ncsc1-c1ccc([C@H](C)NC(=O)[C@@H]2C[C@@H](O)CN2C(=O)C(c2cc(N3CCC(C(C)(C)N4CCC(O[C@H]5C[C@H](Oc6cc(N7C8CCC7CN(c7cc(-c9ccccc9O)nnc7N)C8)ccn6)C5)CC4)CC3)no2)C(C)C)cc1. The highest BCUT2D eigenvalue weighted by atomic mass is 32.1. The molecule has 1 aliphatic carbocycles. The summed E-state index contributed by atoms with van der Waals surface area (Å²) in [7, 11) is 0. The van der Waals surface area contributed by atoms with Crippen LogP contribution in [0.1, 0.15) is 121 Å². The molecule has 5 saturated heterocycles. The molecule has 20 heteroatoms. The van der Waals surface area contributed by atoms with Crippen molar-refractivity contribution in [3.63, 3.8) is 0 Å². The Hall–Kier alpha value is -6.87. The van der Waals surface area contributed by atoms with Gasteiger partial charge < -0.3 is 54.9 Å². The average molecular weight is 1150 g/mol. The maximum absolute atomic E-state index is 14.5. The van der Waals surface area contributed by atoms with E-state index in [0.717, 1.165) is 130 Å². The second-order valence-corrected chi connectivity index (χ2v) is 25.8. The lowest BCUT2D eigenvalue weighted by Crippen LogP contribution is -2.56. The van der Waals surface area contributed by atoms with Gasteiger partial charge in [-0.2, -0.15) is 0 Å². The van der Waals surface area contributed by atoms with E-state index in [1.165, 1.54) is 0 Å². The molecule has 440 valence electrons. The molecule has 6 aromatic rings. The van der Waals surface area contributed by atoms with Gasteiger partial charge in [-0.05, 0) is 113 Å². The topological polar surface area (TPSA) is 225 Å². The molecular weight excluding hydrogens is 1070 g/mol. The number of aryl methyl sites for hydroxylation is 1. The quantitative estimate of drug-likeness (QED) is 0.0670. The number of piperazine rings is 1. The maximum atomic E-state index is 14.5. The number of aliphatic hydroxyl groups excluding tert-OH is 1. The summed E-state index contributed by atoms with van der Waals surface area (Å²) in [5.41, 5.74) is 14.5. The maximum Gasteiger partial charge on any atom is 0.243 e. The van der Waals surface area contributed by atoms with E-state index < -0.39 is 18.1 Å². The zero-order chi connectivity index (χ0) is 57.7. The van der Waals surface area contributed by atoms with Crippen LogP contribution in [-0.4, -0.2) is 151 Å². The van der Waals surface area contributed by atoms with Gasteiger partial charge in [0.15, 0.2) is 17.4 Å². The van der Waals surface area contributed by atoms with Crippen LogP contribution in [0.4, 0.5) is 23.0 Å². The Balaban J connectivity index is 0.581. The number of hydrogen-bond donors (Lipinski definition) is 4. The number of carbonyl (C=O) groups excluding carboxylic acids is 2. The number of anilines is 4. The predicted molar refractivity (Wildman–Crippen MR) is 320 cm³/mol. The molecule has 12 rings (SSSR count). The largest absolute Gasteiger partial charge is 0.507 e. The molecule has 6 aliphatic rings.